The third-order valence-corrected chi connectivity index (χ3v) is 24.8. The summed E-state index contributed by atoms with van der Waals surface area (Å²) in [6, 6.07) is 12.7. The predicted octanol–water partition coefficient (Wildman–Crippen LogP) is 10.0. The molecule has 4 aliphatic heterocycles. The van der Waals surface area contributed by atoms with Crippen LogP contribution in [-0.4, -0.2) is 202 Å². The second kappa shape index (κ2) is 34.8. The van der Waals surface area contributed by atoms with Crippen LogP contribution in [-0.2, 0) is 91.0 Å². The van der Waals surface area contributed by atoms with Gasteiger partial charge in [-0.2, -0.15) is 16.8 Å². The van der Waals surface area contributed by atoms with Crippen molar-refractivity contribution >= 4 is 95.4 Å². The summed E-state index contributed by atoms with van der Waals surface area (Å²) < 4.78 is 116. The Hall–Kier alpha value is -8.37. The third kappa shape index (κ3) is 22.4. The minimum atomic E-state index is -4.41. The Labute approximate surface area is 666 Å². The molecule has 4 amide bonds. The number of benzene rings is 2. The normalized spacial score (nSPS) is 25.7. The van der Waals surface area contributed by atoms with Crippen LogP contribution in [0.5, 0.6) is 23.3 Å². The topological polar surface area (TPSA) is 400 Å². The van der Waals surface area contributed by atoms with Gasteiger partial charge in [-0.15, -0.1) is 0 Å². The van der Waals surface area contributed by atoms with Crippen LogP contribution in [0.3, 0.4) is 0 Å². The Morgan fingerprint density at radius 2 is 0.982 bits per heavy atom. The highest BCUT2D eigenvalue weighted by atomic mass is 32.2. The number of carboxylic acids is 1. The molecular formula is C81H112N6O25S2. The monoisotopic (exact) mass is 1630 g/mol. The molecule has 4 saturated carbocycles. The number of likely N-dealkylation sites (tertiary alicyclic amines) is 2. The number of carboxylic acid groups (broad SMARTS) is 1. The van der Waals surface area contributed by atoms with Crippen LogP contribution in [0.2, 0.25) is 0 Å². The first-order chi connectivity index (χ1) is 53.3. The van der Waals surface area contributed by atoms with Crippen molar-refractivity contribution in [2.24, 2.45) is 45.3 Å². The van der Waals surface area contributed by atoms with E-state index < -0.39 is 143 Å². The molecule has 4 aliphatic carbocycles. The van der Waals surface area contributed by atoms with Gasteiger partial charge < -0.3 is 52.6 Å². The van der Waals surface area contributed by atoms with Crippen LogP contribution in [0.15, 0.2) is 60.9 Å². The maximum Gasteiger partial charge on any atom is 0.411 e. The lowest BCUT2D eigenvalue weighted by molar-refractivity contribution is -0.158. The molecule has 4 saturated heterocycles. The number of hydrogen-bond donors (Lipinski definition) is 3. The van der Waals surface area contributed by atoms with Crippen LogP contribution < -0.4 is 28.4 Å². The Bertz CT molecular complexity index is 4480. The number of amides is 4. The molecule has 0 bridgehead atoms. The summed E-state index contributed by atoms with van der Waals surface area (Å²) in [5.74, 6) is -4.62. The van der Waals surface area contributed by atoms with Gasteiger partial charge in [-0.3, -0.25) is 43.3 Å². The lowest BCUT2D eigenvalue weighted by Gasteiger charge is -2.35. The first-order valence-corrected chi connectivity index (χ1v) is 42.0. The number of aliphatic carboxylic acids is 1. The molecule has 12 atom stereocenters. The first-order valence-electron chi connectivity index (χ1n) is 39.2. The minimum absolute atomic E-state index is 0.0265. The molecule has 3 N–H and O–H groups in total. The molecule has 8 fully saturated rings. The van der Waals surface area contributed by atoms with Gasteiger partial charge >= 0.3 is 44.6 Å². The number of hydrogen-bond acceptors (Lipinski definition) is 26. The molecule has 8 aliphatic rings. The van der Waals surface area contributed by atoms with E-state index in [4.69, 9.17) is 56.1 Å². The van der Waals surface area contributed by atoms with E-state index in [-0.39, 0.29) is 81.4 Å². The average molecular weight is 1630 g/mol. The average Bonchev–Trinajstić information content (AvgIpc) is 1.58. The van der Waals surface area contributed by atoms with E-state index in [1.807, 2.05) is 71.0 Å². The molecule has 12 rings (SSSR count). The summed E-state index contributed by atoms with van der Waals surface area (Å²) in [6.45, 7) is 25.2. The van der Waals surface area contributed by atoms with Crippen LogP contribution in [0, 0.1) is 45.3 Å². The van der Waals surface area contributed by atoms with Crippen LogP contribution in [0.1, 0.15) is 193 Å². The molecule has 114 heavy (non-hydrogen) atoms. The van der Waals surface area contributed by atoms with Gasteiger partial charge in [0.15, 0.2) is 11.6 Å². The van der Waals surface area contributed by atoms with E-state index in [1.165, 1.54) is 9.80 Å². The van der Waals surface area contributed by atoms with Crippen molar-refractivity contribution in [1.82, 2.24) is 29.2 Å². The number of aromatic nitrogens is 2. The fourth-order valence-electron chi connectivity index (χ4n) is 15.3. The minimum Gasteiger partial charge on any atom is -0.497 e. The Morgan fingerprint density at radius 1 is 0.579 bits per heavy atom. The molecular weight excluding hydrogens is 1520 g/mol. The molecule has 31 nitrogen and oxygen atoms in total. The molecule has 33 heteroatoms. The quantitative estimate of drug-likeness (QED) is 0.0322. The maximum absolute atomic E-state index is 14.6. The van der Waals surface area contributed by atoms with Crippen molar-refractivity contribution in [3.63, 3.8) is 0 Å². The maximum atomic E-state index is 14.6. The zero-order chi connectivity index (χ0) is 83.5. The van der Waals surface area contributed by atoms with Gasteiger partial charge in [0.25, 0.3) is 0 Å². The van der Waals surface area contributed by atoms with Crippen LogP contribution in [0.4, 0.5) is 4.79 Å². The molecule has 4 aromatic rings. The molecule has 6 heterocycles. The van der Waals surface area contributed by atoms with Crippen LogP contribution >= 0.6 is 0 Å². The molecule has 628 valence electrons. The zero-order valence-electron chi connectivity index (χ0n) is 68.0. The predicted molar refractivity (Wildman–Crippen MR) is 413 cm³/mol. The van der Waals surface area contributed by atoms with E-state index in [2.05, 4.69) is 19.4 Å². The highest BCUT2D eigenvalue weighted by molar-refractivity contribution is 7.85. The number of carbonyl (C=O) groups is 9. The fraction of sp³-hybridized carbons (Fsp3) is 0.667. The van der Waals surface area contributed by atoms with Crippen molar-refractivity contribution in [1.29, 1.82) is 0 Å². The number of ketones is 2. The van der Waals surface area contributed by atoms with E-state index in [1.54, 1.807) is 94.1 Å². The molecule has 2 aromatic heterocycles. The van der Waals surface area contributed by atoms with Gasteiger partial charge in [-0.25, -0.2) is 32.6 Å². The number of fused-ring (bicyclic) bond motifs is 2. The summed E-state index contributed by atoms with van der Waals surface area (Å²) >= 11 is 0. The van der Waals surface area contributed by atoms with Crippen molar-refractivity contribution in [3.05, 3.63) is 60.9 Å². The first kappa shape index (κ1) is 88.0. The van der Waals surface area contributed by atoms with Gasteiger partial charge in [0.1, 0.15) is 41.5 Å². The Kier molecular flexibility index (Phi) is 26.9. The number of esters is 2. The van der Waals surface area contributed by atoms with Crippen molar-refractivity contribution in [2.75, 3.05) is 53.7 Å². The van der Waals surface area contributed by atoms with E-state index >= 15 is 0 Å². The number of nitrogens with zero attached hydrogens (tertiary/aromatic N) is 4. The lowest BCUT2D eigenvalue weighted by atomic mass is 9.77. The van der Waals surface area contributed by atoms with Gasteiger partial charge in [0.05, 0.1) is 113 Å². The summed E-state index contributed by atoms with van der Waals surface area (Å²) in [7, 11) is -5.59. The second-order valence-electron chi connectivity index (χ2n) is 35.1. The smallest absolute Gasteiger partial charge is 0.411 e. The summed E-state index contributed by atoms with van der Waals surface area (Å²) in [5, 5.41) is 12.2. The number of carbonyl (C=O) groups excluding carboxylic acids is 8. The SMILES string of the molecule is CC(C)(C)[C@H](CC(=O)O[C@H]1CCOC1)C(=O)O.CC[C@@H]1C[C@]1(CC(=O)[C@@H]1C[C@@H](Oc2nccc3cc(OC)ccc23)CN1C(=O)OC(C)(C)C)C(=O)NS(=O)(=O)OC1(C)CC1.CC[C@@H]1C[C@]1(CC(=O)[C@@H]1C[C@@H](Oc2nccc3cc(OC)ccc23)CN1C(=O)[C@@H](CC(=O)O[C@H]1CCOC1)C(C)(C)C)C(=O)NS(=O)(=O)OC1(C)CC1. The number of rotatable bonds is 30. The highest BCUT2D eigenvalue weighted by Crippen LogP contribution is 2.59. The summed E-state index contributed by atoms with van der Waals surface area (Å²) in [4.78, 5) is 131. The number of methoxy groups -OCH3 is 2. The molecule has 0 spiro atoms. The summed E-state index contributed by atoms with van der Waals surface area (Å²) in [5.41, 5.74) is -6.08. The Balaban J connectivity index is 0.000000203. The molecule has 0 unspecified atom stereocenters. The van der Waals surface area contributed by atoms with E-state index in [0.29, 0.717) is 114 Å². The van der Waals surface area contributed by atoms with Gasteiger partial charge in [0.2, 0.25) is 29.5 Å². The van der Waals surface area contributed by atoms with Crippen molar-refractivity contribution < 1.29 is 116 Å². The fourth-order valence-corrected chi connectivity index (χ4v) is 17.6. The second-order valence-corrected chi connectivity index (χ2v) is 37.7. The van der Waals surface area contributed by atoms with Gasteiger partial charge in [-0.1, -0.05) is 68.2 Å². The highest BCUT2D eigenvalue weighted by Gasteiger charge is 2.64. The van der Waals surface area contributed by atoms with E-state index in [9.17, 15) is 60.0 Å². The number of nitrogens with one attached hydrogen (secondary N) is 2. The van der Waals surface area contributed by atoms with Gasteiger partial charge in [-0.05, 0) is 155 Å². The third-order valence-electron chi connectivity index (χ3n) is 22.7. The number of pyridine rings is 2. The van der Waals surface area contributed by atoms with Crippen LogP contribution in [0.25, 0.3) is 21.5 Å². The van der Waals surface area contributed by atoms with Crippen molar-refractivity contribution in [3.8, 4) is 23.3 Å². The molecule has 2 aromatic carbocycles. The number of Topliss-reactive ketones (excluding diaryl/α,β-unsaturated/α-hetero) is 2. The summed E-state index contributed by atoms with van der Waals surface area (Å²) in [6.07, 6.45) is 5.55. The standard InChI is InChI=1S/C38H51N3O11S.C31H41N3O9S.C12H20O5/c1-7-24-19-38(24,35(45)40-53(46,47)52-37(5)12-13-37)20-31(42)30-17-27(51-33-28-9-8-25(48-6)16-23(28)10-14-39-33)21-41(30)34(44)29(36(2,3)4)18-32(43)50-26-11-15-49-22-26;1-7-20-16-31(20,27(36)33-44(38,39)43-30(5)11-12-30)17-25(35)24-15-22(18-34(24)28(37)42-29(2,3)4)41-26-23-9-8-21(40-6)14-19(23)10-13-32-26;1-12(2,3)9(11(14)15)6-10(13)17-8-4-5-16-7-8/h8-10,14,16,24,26-27,29-30H,7,11-13,15,17-22H2,1-6H3,(H,40,45);8-10,13-14,20,22,24H,7,11-12,15-18H2,1-6H3,(H,33,36);8-9H,4-7H2,1-3H3,(H,14,15)/t24-,26+,27-,29-,30+,38-;20-,22-,24+,31-;8-,9+/m110/s1. The zero-order valence-corrected chi connectivity index (χ0v) is 69.6. The largest absolute Gasteiger partial charge is 0.497 e. The van der Waals surface area contributed by atoms with Gasteiger partial charge in [0, 0.05) is 61.7 Å². The number of ether oxygens (including phenoxy) is 9. The van der Waals surface area contributed by atoms with E-state index in [0.717, 1.165) is 21.5 Å². The lowest BCUT2D eigenvalue weighted by Crippen LogP contribution is -2.48. The molecule has 0 radical (unpaired) electrons. The van der Waals surface area contributed by atoms with Crippen molar-refractivity contribution in [2.45, 2.75) is 246 Å². The Morgan fingerprint density at radius 3 is 1.33 bits per heavy atom.